The van der Waals surface area contributed by atoms with Gasteiger partial charge in [-0.05, 0) is 86.4 Å². The first-order valence-electron chi connectivity index (χ1n) is 18.4. The molecule has 3 aromatic carbocycles. The highest BCUT2D eigenvalue weighted by molar-refractivity contribution is 7.99. The van der Waals surface area contributed by atoms with Gasteiger partial charge in [0.1, 0.15) is 41.2 Å². The lowest BCUT2D eigenvalue weighted by Crippen LogP contribution is -2.54. The lowest BCUT2D eigenvalue weighted by atomic mass is 10.0. The fourth-order valence-corrected chi connectivity index (χ4v) is 8.40. The van der Waals surface area contributed by atoms with Crippen LogP contribution >= 0.6 is 11.8 Å². The van der Waals surface area contributed by atoms with Gasteiger partial charge in [-0.1, -0.05) is 18.2 Å². The van der Waals surface area contributed by atoms with Gasteiger partial charge in [0.15, 0.2) is 5.65 Å². The van der Waals surface area contributed by atoms with E-state index in [2.05, 4.69) is 15.3 Å². The molecule has 2 aromatic heterocycles. The molecule has 2 atom stereocenters. The predicted octanol–water partition coefficient (Wildman–Crippen LogP) is 5.53. The van der Waals surface area contributed by atoms with Crippen LogP contribution in [0.25, 0.3) is 22.3 Å². The zero-order chi connectivity index (χ0) is 38.9. The van der Waals surface area contributed by atoms with Crippen molar-refractivity contribution in [2.45, 2.75) is 61.9 Å². The minimum Gasteiger partial charge on any atom is -0.457 e. The summed E-state index contributed by atoms with van der Waals surface area (Å²) in [4.78, 5) is 75.2. The van der Waals surface area contributed by atoms with E-state index in [1.807, 2.05) is 64.2 Å². The normalized spacial score (nSPS) is 18.4. The average Bonchev–Trinajstić information content (AvgIpc) is 3.70. The summed E-state index contributed by atoms with van der Waals surface area (Å²) < 4.78 is 22.9. The van der Waals surface area contributed by atoms with Gasteiger partial charge >= 0.3 is 0 Å². The number of carbonyl (C=O) groups excluding carboxylic acids is 5. The van der Waals surface area contributed by atoms with Gasteiger partial charge in [0.25, 0.3) is 11.8 Å². The molecule has 8 rings (SSSR count). The van der Waals surface area contributed by atoms with Gasteiger partial charge in [-0.2, -0.15) is 5.10 Å². The van der Waals surface area contributed by atoms with Crippen LogP contribution in [0.4, 0.5) is 10.2 Å². The van der Waals surface area contributed by atoms with E-state index in [0.717, 1.165) is 35.1 Å². The minimum absolute atomic E-state index is 0.00394. The summed E-state index contributed by atoms with van der Waals surface area (Å²) in [5.74, 6) is -1.07. The predicted molar refractivity (Wildman–Crippen MR) is 204 cm³/mol. The molecule has 0 saturated carbocycles. The number of para-hydroxylation sites is 1. The number of fused-ring (bicyclic) bond motifs is 2. The van der Waals surface area contributed by atoms with E-state index >= 15 is 4.39 Å². The number of nitrogens with zero attached hydrogens (tertiary/aromatic N) is 6. The first kappa shape index (κ1) is 36.8. The highest BCUT2D eigenvalue weighted by atomic mass is 32.2. The number of nitrogen functional groups attached to an aromatic ring is 1. The van der Waals surface area contributed by atoms with E-state index in [0.29, 0.717) is 66.4 Å². The molecule has 3 N–H and O–H groups in total. The number of thioether (sulfide) groups is 1. The van der Waals surface area contributed by atoms with Crippen LogP contribution in [0, 0.1) is 5.82 Å². The third kappa shape index (κ3) is 7.19. The topological polar surface area (TPSA) is 183 Å². The third-order valence-electron chi connectivity index (χ3n) is 10.3. The van der Waals surface area contributed by atoms with Crippen molar-refractivity contribution >= 4 is 58.1 Å². The van der Waals surface area contributed by atoms with Crippen LogP contribution in [0.3, 0.4) is 0 Å². The lowest BCUT2D eigenvalue weighted by molar-refractivity contribution is -0.136. The van der Waals surface area contributed by atoms with Crippen LogP contribution in [0.2, 0.25) is 0 Å². The fourth-order valence-electron chi connectivity index (χ4n) is 7.44. The van der Waals surface area contributed by atoms with Gasteiger partial charge in [-0.3, -0.25) is 34.2 Å². The van der Waals surface area contributed by atoms with Crippen molar-refractivity contribution in [1.82, 2.24) is 34.9 Å². The Labute approximate surface area is 324 Å². The van der Waals surface area contributed by atoms with E-state index in [1.165, 1.54) is 24.2 Å². The summed E-state index contributed by atoms with van der Waals surface area (Å²) in [6, 6.07) is 18.2. The van der Waals surface area contributed by atoms with Crippen molar-refractivity contribution in [1.29, 1.82) is 0 Å². The maximum absolute atomic E-state index is 15.1. The summed E-state index contributed by atoms with van der Waals surface area (Å²) in [7, 11) is 0. The monoisotopic (exact) mass is 776 g/mol. The van der Waals surface area contributed by atoms with E-state index in [9.17, 15) is 24.0 Å². The molecular weight excluding hydrogens is 740 g/mol. The molecular formula is C40H37FN8O6S. The molecule has 56 heavy (non-hydrogen) atoms. The molecule has 0 aliphatic carbocycles. The van der Waals surface area contributed by atoms with Gasteiger partial charge in [-0.15, -0.1) is 11.8 Å². The average molecular weight is 777 g/mol. The van der Waals surface area contributed by atoms with E-state index in [1.54, 1.807) is 0 Å². The number of unbranched alkanes of at least 4 members (excludes halogenated alkanes) is 1. The molecule has 16 heteroatoms. The van der Waals surface area contributed by atoms with Crippen LogP contribution in [-0.2, 0) is 14.4 Å². The largest absolute Gasteiger partial charge is 0.457 e. The molecule has 286 valence electrons. The second-order valence-corrected chi connectivity index (χ2v) is 15.0. The van der Waals surface area contributed by atoms with Crippen molar-refractivity contribution in [2.24, 2.45) is 0 Å². The number of nitrogens with one attached hydrogen (secondary N) is 1. The number of aromatic nitrogens is 4. The summed E-state index contributed by atoms with van der Waals surface area (Å²) in [5.41, 5.74) is 8.37. The second-order valence-electron chi connectivity index (χ2n) is 13.9. The zero-order valence-corrected chi connectivity index (χ0v) is 31.0. The van der Waals surface area contributed by atoms with Crippen molar-refractivity contribution in [2.75, 3.05) is 24.6 Å². The van der Waals surface area contributed by atoms with E-state index in [4.69, 9.17) is 15.6 Å². The Morgan fingerprint density at radius 3 is 2.46 bits per heavy atom. The van der Waals surface area contributed by atoms with Crippen LogP contribution in [0.1, 0.15) is 71.7 Å². The van der Waals surface area contributed by atoms with Gasteiger partial charge in [0.05, 0.1) is 22.6 Å². The molecule has 0 radical (unpaired) electrons. The summed E-state index contributed by atoms with van der Waals surface area (Å²) in [6.07, 6.45) is 4.51. The smallest absolute Gasteiger partial charge is 0.262 e. The van der Waals surface area contributed by atoms with Crippen LogP contribution in [-0.4, -0.2) is 84.0 Å². The molecule has 5 aromatic rings. The van der Waals surface area contributed by atoms with Gasteiger partial charge in [0.2, 0.25) is 17.7 Å². The van der Waals surface area contributed by atoms with Gasteiger partial charge in [-0.25, -0.2) is 19.0 Å². The zero-order valence-electron chi connectivity index (χ0n) is 30.2. The van der Waals surface area contributed by atoms with Crippen molar-refractivity contribution in [3.05, 3.63) is 90.0 Å². The first-order valence-corrected chi connectivity index (χ1v) is 19.4. The standard InChI is InChI=1S/C40H37FN8O6S/c41-29-19-27-28(40(54)48(39(27)53)30-15-16-32(50)45-38(30)52)20-31(29)56-18-5-4-10-33(51)47-17-6-7-24(21-47)49-37-34(36(42)43-22-44-37)35(46-49)23-11-13-26(14-12-23)55-25-8-2-1-3-9-25/h1-3,8-9,11-14,19-20,22,24,30H,4-7,10,15-18,21H2,(H2,42,43,44)(H,45,50,52)/t24-,30?/m1/s1. The van der Waals surface area contributed by atoms with Crippen molar-refractivity contribution in [3.63, 3.8) is 0 Å². The summed E-state index contributed by atoms with van der Waals surface area (Å²) in [6.45, 7) is 1.08. The number of amides is 5. The molecule has 5 heterocycles. The third-order valence-corrected chi connectivity index (χ3v) is 11.4. The molecule has 5 amide bonds. The molecule has 14 nitrogen and oxygen atoms in total. The molecule has 3 aliphatic rings. The number of benzene rings is 3. The Kier molecular flexibility index (Phi) is 10.2. The molecule has 2 fully saturated rings. The summed E-state index contributed by atoms with van der Waals surface area (Å²) in [5, 5.41) is 7.79. The highest BCUT2D eigenvalue weighted by Gasteiger charge is 2.45. The second kappa shape index (κ2) is 15.5. The number of likely N-dealkylation sites (tertiary alicyclic amines) is 1. The van der Waals surface area contributed by atoms with Gasteiger partial charge in [0, 0.05) is 36.4 Å². The Morgan fingerprint density at radius 1 is 0.946 bits per heavy atom. The maximum atomic E-state index is 15.1. The van der Waals surface area contributed by atoms with E-state index < -0.39 is 35.5 Å². The van der Waals surface area contributed by atoms with Crippen molar-refractivity contribution < 1.29 is 33.1 Å². The number of piperidine rings is 2. The van der Waals surface area contributed by atoms with Crippen LogP contribution in [0.5, 0.6) is 11.5 Å². The number of rotatable bonds is 11. The Balaban J connectivity index is 0.874. The first-order chi connectivity index (χ1) is 27.2. The number of imide groups is 2. The summed E-state index contributed by atoms with van der Waals surface area (Å²) >= 11 is 1.20. The highest BCUT2D eigenvalue weighted by Crippen LogP contribution is 2.36. The van der Waals surface area contributed by atoms with Gasteiger partial charge < -0.3 is 15.4 Å². The number of nitrogens with two attached hydrogens (primary N) is 1. The number of hydrogen-bond acceptors (Lipinski definition) is 11. The van der Waals surface area contributed by atoms with Crippen molar-refractivity contribution in [3.8, 4) is 22.8 Å². The minimum atomic E-state index is -1.12. The number of ether oxygens (including phenoxy) is 1. The van der Waals surface area contributed by atoms with Crippen LogP contribution in [0.15, 0.2) is 78.0 Å². The molecule has 0 spiro atoms. The number of anilines is 1. The molecule has 2 saturated heterocycles. The molecule has 1 unspecified atom stereocenters. The number of halogens is 1. The number of carbonyl (C=O) groups is 5. The Morgan fingerprint density at radius 2 is 1.70 bits per heavy atom. The maximum Gasteiger partial charge on any atom is 0.262 e. The SMILES string of the molecule is Nc1ncnc2c1c(-c1ccc(Oc3ccccc3)cc1)nn2[C@@H]1CCCN(C(=O)CCCCSc2cc3c(cc2F)C(=O)N(C2CCC(=O)NC2=O)C3=O)C1. The number of hydrogen-bond donors (Lipinski definition) is 2. The Bertz CT molecular complexity index is 2370. The molecule has 3 aliphatic heterocycles. The van der Waals surface area contributed by atoms with E-state index in [-0.39, 0.29) is 40.8 Å². The lowest BCUT2D eigenvalue weighted by Gasteiger charge is -2.33. The molecule has 0 bridgehead atoms. The quantitative estimate of drug-likeness (QED) is 0.0977. The Hall–Kier alpha value is -6.16. The fraction of sp³-hybridized carbons (Fsp3) is 0.300. The van der Waals surface area contributed by atoms with Crippen LogP contribution < -0.4 is 15.8 Å².